The van der Waals surface area contributed by atoms with Gasteiger partial charge >= 0.3 is 5.97 Å². The topological polar surface area (TPSA) is 75.6 Å². The number of ether oxygens (including phenoxy) is 1. The second kappa shape index (κ2) is 8.20. The lowest BCUT2D eigenvalue weighted by Gasteiger charge is -2.28. The Hall–Kier alpha value is -1.75. The number of amides is 1. The van der Waals surface area contributed by atoms with E-state index >= 15 is 0 Å². The third-order valence-electron chi connectivity index (χ3n) is 4.29. The van der Waals surface area contributed by atoms with Gasteiger partial charge in [-0.2, -0.15) is 0 Å². The smallest absolute Gasteiger partial charge is 0.306 e. The summed E-state index contributed by atoms with van der Waals surface area (Å²) in [6.45, 7) is 2.16. The molecular formula is C17H22ClNO4. The van der Waals surface area contributed by atoms with Crippen LogP contribution in [-0.4, -0.2) is 30.1 Å². The molecule has 2 atom stereocenters. The second-order valence-electron chi connectivity index (χ2n) is 5.99. The van der Waals surface area contributed by atoms with Crippen LogP contribution in [0.1, 0.15) is 31.2 Å². The molecule has 0 radical (unpaired) electrons. The molecule has 1 amide bonds. The number of aliphatic carboxylic acids is 1. The summed E-state index contributed by atoms with van der Waals surface area (Å²) in [7, 11) is 0. The summed E-state index contributed by atoms with van der Waals surface area (Å²) >= 11 is 5.94. The first-order valence-electron chi connectivity index (χ1n) is 7.86. The van der Waals surface area contributed by atoms with Crippen molar-refractivity contribution >= 4 is 23.5 Å². The van der Waals surface area contributed by atoms with Crippen molar-refractivity contribution in [3.63, 3.8) is 0 Å². The molecule has 0 saturated heterocycles. The highest BCUT2D eigenvalue weighted by molar-refractivity contribution is 6.31. The Balaban J connectivity index is 1.78. The molecule has 6 heteroatoms. The highest BCUT2D eigenvalue weighted by atomic mass is 35.5. The number of hydrogen-bond donors (Lipinski definition) is 2. The summed E-state index contributed by atoms with van der Waals surface area (Å²) < 4.78 is 5.43. The molecule has 0 heterocycles. The molecule has 0 aromatic heterocycles. The number of hydrogen-bond acceptors (Lipinski definition) is 3. The van der Waals surface area contributed by atoms with E-state index in [0.29, 0.717) is 23.7 Å². The second-order valence-corrected chi connectivity index (χ2v) is 6.40. The Morgan fingerprint density at radius 2 is 2.09 bits per heavy atom. The first kappa shape index (κ1) is 17.6. The number of carbonyl (C=O) groups is 2. The number of rotatable bonds is 6. The summed E-state index contributed by atoms with van der Waals surface area (Å²) in [6.07, 6.45) is 3.50. The van der Waals surface area contributed by atoms with Crippen LogP contribution in [0.2, 0.25) is 5.02 Å². The van der Waals surface area contributed by atoms with Crippen molar-refractivity contribution in [3.05, 3.63) is 28.8 Å². The minimum absolute atomic E-state index is 0.00276. The number of carboxylic acids is 1. The third kappa shape index (κ3) is 5.13. The summed E-state index contributed by atoms with van der Waals surface area (Å²) in [6, 6.07) is 5.21. The van der Waals surface area contributed by atoms with Crippen molar-refractivity contribution in [3.8, 4) is 5.75 Å². The van der Waals surface area contributed by atoms with Crippen molar-refractivity contribution < 1.29 is 19.4 Å². The summed E-state index contributed by atoms with van der Waals surface area (Å²) in [4.78, 5) is 23.1. The molecule has 23 heavy (non-hydrogen) atoms. The lowest BCUT2D eigenvalue weighted by molar-refractivity contribution is -0.145. The van der Waals surface area contributed by atoms with Crippen LogP contribution >= 0.6 is 11.6 Å². The number of halogens is 1. The fourth-order valence-corrected chi connectivity index (χ4v) is 3.05. The van der Waals surface area contributed by atoms with Crippen molar-refractivity contribution in [1.29, 1.82) is 0 Å². The standard InChI is InChI=1S/C17H22ClNO4/c1-11-8-13(6-7-15(11)18)23-10-16(20)19-9-12-4-2-3-5-14(12)17(21)22/h6-8,12,14H,2-5,9-10H2,1H3,(H,19,20)(H,21,22)/t12-,14-/m0/s1. The number of carboxylic acid groups (broad SMARTS) is 1. The Kier molecular flexibility index (Phi) is 6.28. The van der Waals surface area contributed by atoms with Crippen LogP contribution in [0, 0.1) is 18.8 Å². The van der Waals surface area contributed by atoms with Gasteiger partial charge in [-0.25, -0.2) is 0 Å². The van der Waals surface area contributed by atoms with E-state index in [1.54, 1.807) is 18.2 Å². The Bertz CT molecular complexity index is 576. The van der Waals surface area contributed by atoms with Gasteiger partial charge in [0.2, 0.25) is 0 Å². The number of nitrogens with one attached hydrogen (secondary N) is 1. The predicted octanol–water partition coefficient (Wildman–Crippen LogP) is 3.03. The maximum Gasteiger partial charge on any atom is 0.306 e. The average Bonchev–Trinajstić information content (AvgIpc) is 2.54. The maximum atomic E-state index is 11.9. The van der Waals surface area contributed by atoms with E-state index in [1.807, 2.05) is 6.92 Å². The van der Waals surface area contributed by atoms with Gasteiger partial charge < -0.3 is 15.2 Å². The van der Waals surface area contributed by atoms with E-state index in [1.165, 1.54) is 0 Å². The van der Waals surface area contributed by atoms with Gasteiger partial charge in [0.1, 0.15) is 5.75 Å². The fraction of sp³-hybridized carbons (Fsp3) is 0.529. The van der Waals surface area contributed by atoms with E-state index in [4.69, 9.17) is 16.3 Å². The van der Waals surface area contributed by atoms with E-state index < -0.39 is 5.97 Å². The normalized spacial score (nSPS) is 20.8. The molecule has 2 N–H and O–H groups in total. The van der Waals surface area contributed by atoms with E-state index in [-0.39, 0.29) is 24.3 Å². The molecular weight excluding hydrogens is 318 g/mol. The van der Waals surface area contributed by atoms with E-state index in [0.717, 1.165) is 24.8 Å². The lowest BCUT2D eigenvalue weighted by atomic mass is 9.79. The largest absolute Gasteiger partial charge is 0.484 e. The summed E-state index contributed by atoms with van der Waals surface area (Å²) in [5.74, 6) is -0.779. The quantitative estimate of drug-likeness (QED) is 0.835. The van der Waals surface area contributed by atoms with Crippen molar-refractivity contribution in [1.82, 2.24) is 5.32 Å². The fourth-order valence-electron chi connectivity index (χ4n) is 2.93. The molecule has 1 fully saturated rings. The lowest BCUT2D eigenvalue weighted by Crippen LogP contribution is -2.38. The molecule has 0 spiro atoms. The Morgan fingerprint density at radius 3 is 2.78 bits per heavy atom. The minimum Gasteiger partial charge on any atom is -0.484 e. The van der Waals surface area contributed by atoms with Crippen LogP contribution in [-0.2, 0) is 9.59 Å². The average molecular weight is 340 g/mol. The third-order valence-corrected chi connectivity index (χ3v) is 4.71. The zero-order valence-electron chi connectivity index (χ0n) is 13.2. The molecule has 0 bridgehead atoms. The molecule has 126 valence electrons. The van der Waals surface area contributed by atoms with Gasteiger partial charge in [0.25, 0.3) is 5.91 Å². The first-order chi connectivity index (χ1) is 11.0. The molecule has 1 aliphatic carbocycles. The van der Waals surface area contributed by atoms with Gasteiger partial charge in [-0.15, -0.1) is 0 Å². The van der Waals surface area contributed by atoms with Gasteiger partial charge in [0.15, 0.2) is 6.61 Å². The number of benzene rings is 1. The highest BCUT2D eigenvalue weighted by Crippen LogP contribution is 2.29. The summed E-state index contributed by atoms with van der Waals surface area (Å²) in [5.41, 5.74) is 0.885. The minimum atomic E-state index is -0.767. The monoisotopic (exact) mass is 339 g/mol. The number of carbonyl (C=O) groups excluding carboxylic acids is 1. The van der Waals surface area contributed by atoms with E-state index in [2.05, 4.69) is 5.32 Å². The highest BCUT2D eigenvalue weighted by Gasteiger charge is 2.30. The van der Waals surface area contributed by atoms with Gasteiger partial charge in [-0.1, -0.05) is 24.4 Å². The molecule has 1 saturated carbocycles. The van der Waals surface area contributed by atoms with Gasteiger partial charge in [0, 0.05) is 11.6 Å². The van der Waals surface area contributed by atoms with Crippen LogP contribution in [0.25, 0.3) is 0 Å². The van der Waals surface area contributed by atoms with Crippen LogP contribution in [0.4, 0.5) is 0 Å². The Morgan fingerprint density at radius 1 is 1.35 bits per heavy atom. The molecule has 0 unspecified atom stereocenters. The van der Waals surface area contributed by atoms with Crippen LogP contribution in [0.3, 0.4) is 0 Å². The number of aryl methyl sites for hydroxylation is 1. The SMILES string of the molecule is Cc1cc(OCC(=O)NC[C@@H]2CCCC[C@@H]2C(=O)O)ccc1Cl. The molecule has 5 nitrogen and oxygen atoms in total. The van der Waals surface area contributed by atoms with Gasteiger partial charge in [-0.05, 0) is 49.4 Å². The summed E-state index contributed by atoms with van der Waals surface area (Å²) in [5, 5.41) is 12.7. The van der Waals surface area contributed by atoms with Gasteiger partial charge in [0.05, 0.1) is 5.92 Å². The van der Waals surface area contributed by atoms with Crippen LogP contribution < -0.4 is 10.1 Å². The molecule has 2 rings (SSSR count). The maximum absolute atomic E-state index is 11.9. The zero-order valence-corrected chi connectivity index (χ0v) is 13.9. The van der Waals surface area contributed by atoms with Crippen molar-refractivity contribution in [2.45, 2.75) is 32.6 Å². The van der Waals surface area contributed by atoms with Crippen LogP contribution in [0.5, 0.6) is 5.75 Å². The first-order valence-corrected chi connectivity index (χ1v) is 8.23. The molecule has 1 aliphatic rings. The zero-order chi connectivity index (χ0) is 16.8. The Labute approximate surface area is 141 Å². The van der Waals surface area contributed by atoms with Crippen molar-refractivity contribution in [2.24, 2.45) is 11.8 Å². The predicted molar refractivity (Wildman–Crippen MR) is 87.8 cm³/mol. The van der Waals surface area contributed by atoms with Gasteiger partial charge in [-0.3, -0.25) is 9.59 Å². The molecule has 0 aliphatic heterocycles. The van der Waals surface area contributed by atoms with Crippen molar-refractivity contribution in [2.75, 3.05) is 13.2 Å². The molecule has 1 aromatic rings. The molecule has 1 aromatic carbocycles. The van der Waals surface area contributed by atoms with E-state index in [9.17, 15) is 14.7 Å². The van der Waals surface area contributed by atoms with Crippen LogP contribution in [0.15, 0.2) is 18.2 Å².